The lowest BCUT2D eigenvalue weighted by atomic mass is 10.0. The number of carbonyl (C=O) groups excluding carboxylic acids is 1. The minimum Gasteiger partial charge on any atom is -0.480 e. The summed E-state index contributed by atoms with van der Waals surface area (Å²) in [6, 6.07) is 16.6. The monoisotopic (exact) mass is 527 g/mol. The highest BCUT2D eigenvalue weighted by atomic mass is 16.5. The van der Waals surface area contributed by atoms with Crippen molar-refractivity contribution in [2.45, 2.75) is 32.0 Å². The molecule has 2 aliphatic rings. The molecule has 4 aromatic rings. The molecule has 2 aliphatic heterocycles. The highest BCUT2D eigenvalue weighted by molar-refractivity contribution is 5.94. The van der Waals surface area contributed by atoms with Crippen molar-refractivity contribution >= 4 is 22.8 Å². The topological polar surface area (TPSA) is 124 Å². The highest BCUT2D eigenvalue weighted by Crippen LogP contribution is 2.25. The molecule has 0 saturated carbocycles. The molecule has 6 heterocycles. The maximum absolute atomic E-state index is 12.8. The van der Waals surface area contributed by atoms with Crippen LogP contribution >= 0.6 is 0 Å². The zero-order valence-corrected chi connectivity index (χ0v) is 21.4. The number of hydrogen-bond acceptors (Lipinski definition) is 9. The summed E-state index contributed by atoms with van der Waals surface area (Å²) in [5.74, 6) is 1.75. The molecular formula is C28H29N7O4. The van der Waals surface area contributed by atoms with Gasteiger partial charge in [0.05, 0.1) is 5.69 Å². The van der Waals surface area contributed by atoms with Crippen LogP contribution in [0.4, 0.5) is 5.82 Å². The molecule has 0 atom stereocenters. The summed E-state index contributed by atoms with van der Waals surface area (Å²) in [5.41, 5.74) is 1.38. The number of rotatable bonds is 8. The number of aromatic nitrogens is 4. The smallest absolute Gasteiger partial charge is 0.263 e. The van der Waals surface area contributed by atoms with Crippen LogP contribution in [-0.2, 0) is 17.9 Å². The molecule has 0 aromatic carbocycles. The number of piperidine rings is 1. The second kappa shape index (κ2) is 11.2. The molecular weight excluding hydrogens is 498 g/mol. The van der Waals surface area contributed by atoms with Crippen LogP contribution in [0, 0.1) is 0 Å². The van der Waals surface area contributed by atoms with E-state index in [2.05, 4.69) is 30.5 Å². The molecule has 1 amide bonds. The molecule has 6 rings (SSSR count). The molecule has 0 aliphatic carbocycles. The van der Waals surface area contributed by atoms with Crippen LogP contribution in [0.3, 0.4) is 0 Å². The van der Waals surface area contributed by atoms with Crippen molar-refractivity contribution < 1.29 is 14.3 Å². The Labute approximate surface area is 224 Å². The Hall–Kier alpha value is -4.35. The van der Waals surface area contributed by atoms with Gasteiger partial charge in [-0.2, -0.15) is 4.98 Å². The Morgan fingerprint density at radius 1 is 0.974 bits per heavy atom. The van der Waals surface area contributed by atoms with Gasteiger partial charge in [-0.1, -0.05) is 6.07 Å². The Bertz CT molecular complexity index is 1530. The van der Waals surface area contributed by atoms with Crippen molar-refractivity contribution in [3.05, 3.63) is 76.8 Å². The van der Waals surface area contributed by atoms with Gasteiger partial charge in [0, 0.05) is 55.5 Å². The van der Waals surface area contributed by atoms with Crippen LogP contribution in [0.5, 0.6) is 17.5 Å². The van der Waals surface area contributed by atoms with Crippen molar-refractivity contribution in [2.24, 2.45) is 0 Å². The quantitative estimate of drug-likeness (QED) is 0.356. The van der Waals surface area contributed by atoms with Gasteiger partial charge >= 0.3 is 0 Å². The molecule has 2 N–H and O–H groups in total. The molecule has 200 valence electrons. The summed E-state index contributed by atoms with van der Waals surface area (Å²) in [4.78, 5) is 40.0. The summed E-state index contributed by atoms with van der Waals surface area (Å²) in [5, 5.41) is 7.22. The number of pyridine rings is 4. The minimum absolute atomic E-state index is 0.0257. The number of ether oxygens (including phenoxy) is 2. The van der Waals surface area contributed by atoms with E-state index in [9.17, 15) is 9.59 Å². The number of likely N-dealkylation sites (tertiary alicyclic amines) is 1. The number of nitrogens with one attached hydrogen (secondary N) is 2. The first-order chi connectivity index (χ1) is 19.1. The van der Waals surface area contributed by atoms with Crippen molar-refractivity contribution in [1.82, 2.24) is 29.7 Å². The third kappa shape index (κ3) is 5.89. The minimum atomic E-state index is -0.188. The molecule has 0 bridgehead atoms. The van der Waals surface area contributed by atoms with Crippen molar-refractivity contribution in [2.75, 3.05) is 31.6 Å². The summed E-state index contributed by atoms with van der Waals surface area (Å²) < 4.78 is 12.9. The average molecular weight is 528 g/mol. The fourth-order valence-corrected chi connectivity index (χ4v) is 4.88. The van der Waals surface area contributed by atoms with Crippen LogP contribution < -0.4 is 25.7 Å². The molecule has 39 heavy (non-hydrogen) atoms. The maximum Gasteiger partial charge on any atom is 0.263 e. The summed E-state index contributed by atoms with van der Waals surface area (Å²) in [6.45, 7) is 3.80. The van der Waals surface area contributed by atoms with E-state index in [0.29, 0.717) is 48.1 Å². The third-order valence-electron chi connectivity index (χ3n) is 6.99. The third-order valence-corrected chi connectivity index (χ3v) is 6.99. The van der Waals surface area contributed by atoms with Crippen LogP contribution in [0.2, 0.25) is 0 Å². The number of fused-ring (bicyclic) bond motifs is 2. The van der Waals surface area contributed by atoms with E-state index in [0.717, 1.165) is 43.6 Å². The lowest BCUT2D eigenvalue weighted by molar-refractivity contribution is -0.118. The Kier molecular flexibility index (Phi) is 7.15. The second-order valence-electron chi connectivity index (χ2n) is 9.64. The van der Waals surface area contributed by atoms with E-state index in [1.165, 1.54) is 0 Å². The Morgan fingerprint density at radius 2 is 1.85 bits per heavy atom. The fraction of sp³-hybridized carbons (Fsp3) is 0.321. The molecule has 0 radical (unpaired) electrons. The van der Waals surface area contributed by atoms with Crippen LogP contribution in [0.1, 0.15) is 18.5 Å². The van der Waals surface area contributed by atoms with Crippen LogP contribution in [-0.4, -0.2) is 62.6 Å². The summed E-state index contributed by atoms with van der Waals surface area (Å²) in [7, 11) is 0. The SMILES string of the molecule is O=C1COc2ccc(CNC3CCN(CCn4c(=O)ccc5ccc(Oc6ccccn6)nc54)CC3)nc2N1. The van der Waals surface area contributed by atoms with Crippen molar-refractivity contribution in [3.63, 3.8) is 0 Å². The number of anilines is 1. The molecule has 11 nitrogen and oxygen atoms in total. The van der Waals surface area contributed by atoms with Gasteiger partial charge in [0.25, 0.3) is 11.5 Å². The van der Waals surface area contributed by atoms with E-state index >= 15 is 0 Å². The highest BCUT2D eigenvalue weighted by Gasteiger charge is 2.21. The zero-order chi connectivity index (χ0) is 26.6. The Morgan fingerprint density at radius 3 is 2.69 bits per heavy atom. The van der Waals surface area contributed by atoms with Crippen molar-refractivity contribution in [1.29, 1.82) is 0 Å². The summed E-state index contributed by atoms with van der Waals surface area (Å²) in [6.07, 6.45) is 3.65. The van der Waals surface area contributed by atoms with E-state index < -0.39 is 0 Å². The first-order valence-electron chi connectivity index (χ1n) is 13.1. The first kappa shape index (κ1) is 25.0. The lowest BCUT2D eigenvalue weighted by Crippen LogP contribution is -2.43. The molecule has 1 fully saturated rings. The number of nitrogens with zero attached hydrogens (tertiary/aromatic N) is 5. The normalized spacial score (nSPS) is 15.9. The summed E-state index contributed by atoms with van der Waals surface area (Å²) >= 11 is 0. The second-order valence-corrected chi connectivity index (χ2v) is 9.64. The predicted octanol–water partition coefficient (Wildman–Crippen LogP) is 2.56. The van der Waals surface area contributed by atoms with Gasteiger partial charge < -0.3 is 25.0 Å². The zero-order valence-electron chi connectivity index (χ0n) is 21.4. The number of carbonyl (C=O) groups is 1. The molecule has 0 unspecified atom stereocenters. The molecule has 0 spiro atoms. The van der Waals surface area contributed by atoms with Gasteiger partial charge in [-0.3, -0.25) is 14.2 Å². The predicted molar refractivity (Wildman–Crippen MR) is 145 cm³/mol. The number of hydrogen-bond donors (Lipinski definition) is 2. The van der Waals surface area contributed by atoms with E-state index in [1.54, 1.807) is 35.0 Å². The standard InChI is InChI=1S/C28H29N7O4/c36-23-18-38-22-7-6-21(31-27(22)32-23)17-30-20-10-13-34(14-11-20)15-16-35-26(37)9-5-19-4-8-25(33-28(19)35)39-24-3-1-2-12-29-24/h1-9,12,20,30H,10-11,13-18H2,(H,31,32,36). The average Bonchev–Trinajstić information content (AvgIpc) is 2.96. The lowest BCUT2D eigenvalue weighted by Gasteiger charge is -2.32. The van der Waals surface area contributed by atoms with Gasteiger partial charge in [-0.25, -0.2) is 9.97 Å². The van der Waals surface area contributed by atoms with Crippen LogP contribution in [0.25, 0.3) is 11.0 Å². The van der Waals surface area contributed by atoms with Gasteiger partial charge in [0.1, 0.15) is 5.65 Å². The maximum atomic E-state index is 12.8. The Balaban J connectivity index is 1.04. The molecule has 4 aromatic heterocycles. The van der Waals surface area contributed by atoms with E-state index in [4.69, 9.17) is 9.47 Å². The first-order valence-corrected chi connectivity index (χ1v) is 13.1. The van der Waals surface area contributed by atoms with Gasteiger partial charge in [0.2, 0.25) is 11.8 Å². The van der Waals surface area contributed by atoms with Gasteiger partial charge in [-0.15, -0.1) is 0 Å². The molecule has 1 saturated heterocycles. The van der Waals surface area contributed by atoms with E-state index in [1.807, 2.05) is 30.3 Å². The number of amides is 1. The fourth-order valence-electron chi connectivity index (χ4n) is 4.88. The molecule has 11 heteroatoms. The van der Waals surface area contributed by atoms with Gasteiger partial charge in [-0.05, 0) is 56.3 Å². The van der Waals surface area contributed by atoms with Crippen molar-refractivity contribution in [3.8, 4) is 17.5 Å². The van der Waals surface area contributed by atoms with Gasteiger partial charge in [0.15, 0.2) is 18.2 Å². The van der Waals surface area contributed by atoms with E-state index in [-0.39, 0.29) is 18.1 Å². The van der Waals surface area contributed by atoms with Crippen LogP contribution in [0.15, 0.2) is 65.6 Å². The largest absolute Gasteiger partial charge is 0.480 e.